The van der Waals surface area contributed by atoms with Gasteiger partial charge in [-0.3, -0.25) is 0 Å². The molecular weight excluding hydrogens is 806 g/mol. The summed E-state index contributed by atoms with van der Waals surface area (Å²) in [6.07, 6.45) is 4.90. The molecule has 0 saturated heterocycles. The summed E-state index contributed by atoms with van der Waals surface area (Å²) < 4.78 is 0. The second kappa shape index (κ2) is 14.4. The largest absolute Gasteiger partial charge is 0.335 e. The van der Waals surface area contributed by atoms with Crippen LogP contribution in [-0.4, -0.2) is 28.4 Å². The van der Waals surface area contributed by atoms with Gasteiger partial charge in [0.05, 0.1) is 27.4 Å². The third-order valence-corrected chi connectivity index (χ3v) is 20.2. The maximum absolute atomic E-state index is 2.88. The second-order valence-corrected chi connectivity index (χ2v) is 34.5. The molecule has 1 aliphatic carbocycles. The van der Waals surface area contributed by atoms with Crippen molar-refractivity contribution in [2.24, 2.45) is 0 Å². The molecule has 0 aromatic heterocycles. The summed E-state index contributed by atoms with van der Waals surface area (Å²) in [5, 5.41) is 2.96. The Kier molecular flexibility index (Phi) is 9.68. The van der Waals surface area contributed by atoms with Crippen LogP contribution in [0.15, 0.2) is 121 Å². The molecule has 3 aliphatic heterocycles. The molecule has 10 rings (SSSR count). The van der Waals surface area contributed by atoms with Crippen LogP contribution in [-0.2, 0) is 16.2 Å². The lowest BCUT2D eigenvalue weighted by Gasteiger charge is -2.53. The van der Waals surface area contributed by atoms with Gasteiger partial charge >= 0.3 is 0 Å². The lowest BCUT2D eigenvalue weighted by molar-refractivity contribution is 0.195. The van der Waals surface area contributed by atoms with Gasteiger partial charge in [-0.15, -0.1) is 0 Å². The van der Waals surface area contributed by atoms with Crippen LogP contribution in [0.2, 0.25) is 39.3 Å². The number of para-hydroxylation sites is 1. The van der Waals surface area contributed by atoms with Gasteiger partial charge in [0.2, 0.25) is 0 Å². The third kappa shape index (κ3) is 6.55. The first-order valence-electron chi connectivity index (χ1n) is 24.2. The molecular formula is C58H70BN3Si2. The van der Waals surface area contributed by atoms with Crippen LogP contribution in [0.1, 0.15) is 97.8 Å². The fourth-order valence-electron chi connectivity index (χ4n) is 11.9. The molecule has 1 saturated carbocycles. The lowest BCUT2D eigenvalue weighted by Crippen LogP contribution is -2.64. The first-order chi connectivity index (χ1) is 30.0. The molecule has 6 aromatic rings. The van der Waals surface area contributed by atoms with Crippen molar-refractivity contribution in [3.8, 4) is 0 Å². The van der Waals surface area contributed by atoms with E-state index in [1.165, 1.54) is 109 Å². The summed E-state index contributed by atoms with van der Waals surface area (Å²) in [7, 11) is -3.06. The van der Waals surface area contributed by atoms with Gasteiger partial charge in [-0.25, -0.2) is 0 Å². The molecule has 1 fully saturated rings. The fourth-order valence-corrected chi connectivity index (χ4v) is 14.2. The van der Waals surface area contributed by atoms with Gasteiger partial charge in [-0.2, -0.15) is 0 Å². The van der Waals surface area contributed by atoms with E-state index >= 15 is 0 Å². The molecule has 3 nitrogen and oxygen atoms in total. The van der Waals surface area contributed by atoms with Crippen molar-refractivity contribution in [1.29, 1.82) is 0 Å². The van der Waals surface area contributed by atoms with Crippen LogP contribution >= 0.6 is 0 Å². The van der Waals surface area contributed by atoms with Gasteiger partial charge in [0, 0.05) is 45.2 Å². The van der Waals surface area contributed by atoms with Gasteiger partial charge in [0.1, 0.15) is 0 Å². The number of anilines is 8. The number of fused-ring (bicyclic) bond motifs is 7. The Morgan fingerprint density at radius 2 is 1.11 bits per heavy atom. The number of hydrogen-bond donors (Lipinski definition) is 0. The van der Waals surface area contributed by atoms with E-state index in [1.54, 1.807) is 5.56 Å². The highest BCUT2D eigenvalue weighted by Crippen LogP contribution is 2.62. The molecule has 0 amide bonds. The van der Waals surface area contributed by atoms with E-state index in [0.29, 0.717) is 0 Å². The monoisotopic (exact) mass is 876 g/mol. The minimum Gasteiger partial charge on any atom is -0.335 e. The highest BCUT2D eigenvalue weighted by atomic mass is 28.3. The Morgan fingerprint density at radius 1 is 0.547 bits per heavy atom. The van der Waals surface area contributed by atoms with E-state index in [1.807, 2.05) is 0 Å². The second-order valence-electron chi connectivity index (χ2n) is 24.3. The summed E-state index contributed by atoms with van der Waals surface area (Å²) in [6, 6.07) is 48.6. The maximum Gasteiger partial charge on any atom is 0.252 e. The summed E-state index contributed by atoms with van der Waals surface area (Å²) in [5.41, 5.74) is 18.7. The number of rotatable bonds is 6. The standard InChI is InChI=1S/C58H70BN3Si2/c1-55(2,3)39-19-17-20-43(35-39)61-50-36-40(56(4,5)6)23-32-48(50)59-49-22-18-21-47-54(49)62(58(8)34-16-15-33-57(47,58)7)52-38-44(37-51(61)53(52)59)60(41-24-28-45(29-25-41)63(9,10)11)42-26-30-46(31-27-42)64(12,13)14/h17-32,35-38H,15-16,33-34H2,1-14H3. The lowest BCUT2D eigenvalue weighted by atomic mass is 9.33. The van der Waals surface area contributed by atoms with Crippen molar-refractivity contribution >= 4 is 95.1 Å². The third-order valence-electron chi connectivity index (χ3n) is 16.0. The van der Waals surface area contributed by atoms with Crippen LogP contribution in [0.5, 0.6) is 0 Å². The Morgan fingerprint density at radius 3 is 1.70 bits per heavy atom. The van der Waals surface area contributed by atoms with Crippen LogP contribution in [0.25, 0.3) is 0 Å². The SMILES string of the molecule is CC(C)(C)c1cccc(N2c3cc(C(C)(C)C)ccc3B3c4cccc5c4N(c4cc(N(c6ccc([Si](C)(C)C)cc6)c6ccc([Si](C)(C)C)cc6)cc2c43)C2(C)CCCCC52C)c1. The number of benzene rings is 6. The Labute approximate surface area is 388 Å². The molecule has 6 heteroatoms. The first kappa shape index (κ1) is 43.1. The molecule has 0 N–H and O–H groups in total. The number of hydrogen-bond acceptors (Lipinski definition) is 3. The van der Waals surface area contributed by atoms with Crippen molar-refractivity contribution in [3.05, 3.63) is 138 Å². The topological polar surface area (TPSA) is 9.72 Å². The van der Waals surface area contributed by atoms with E-state index in [9.17, 15) is 0 Å². The Hall–Kier alpha value is -4.78. The molecule has 2 unspecified atom stereocenters. The summed E-state index contributed by atoms with van der Waals surface area (Å²) in [4.78, 5) is 8.11. The first-order valence-corrected chi connectivity index (χ1v) is 31.2. The normalized spacial score (nSPS) is 20.1. The smallest absolute Gasteiger partial charge is 0.252 e. The van der Waals surface area contributed by atoms with Gasteiger partial charge in [-0.05, 0) is 118 Å². The van der Waals surface area contributed by atoms with Gasteiger partial charge in [0.15, 0.2) is 0 Å². The van der Waals surface area contributed by atoms with Gasteiger partial charge in [0.25, 0.3) is 6.71 Å². The van der Waals surface area contributed by atoms with E-state index < -0.39 is 16.1 Å². The molecule has 328 valence electrons. The minimum absolute atomic E-state index is 0.00241. The predicted molar refractivity (Wildman–Crippen MR) is 287 cm³/mol. The highest BCUT2D eigenvalue weighted by molar-refractivity contribution is 7.00. The van der Waals surface area contributed by atoms with Crippen LogP contribution in [0, 0.1) is 0 Å². The molecule has 2 atom stereocenters. The summed E-state index contributed by atoms with van der Waals surface area (Å²) in [5.74, 6) is 0. The van der Waals surface area contributed by atoms with Crippen LogP contribution in [0.3, 0.4) is 0 Å². The number of nitrogens with zero attached hydrogens (tertiary/aromatic N) is 3. The molecule has 6 aromatic carbocycles. The molecule has 3 heterocycles. The van der Waals surface area contributed by atoms with Crippen LogP contribution < -0.4 is 41.5 Å². The van der Waals surface area contributed by atoms with Crippen molar-refractivity contribution in [1.82, 2.24) is 0 Å². The highest BCUT2D eigenvalue weighted by Gasteiger charge is 2.61. The van der Waals surface area contributed by atoms with Crippen molar-refractivity contribution in [3.63, 3.8) is 0 Å². The minimum atomic E-state index is -1.53. The molecule has 0 radical (unpaired) electrons. The Bertz CT molecular complexity index is 2760. The zero-order valence-electron chi connectivity index (χ0n) is 41.3. The average Bonchev–Trinajstić information content (AvgIpc) is 3.45. The van der Waals surface area contributed by atoms with E-state index in [4.69, 9.17) is 0 Å². The fraction of sp³-hybridized carbons (Fsp3) is 0.379. The molecule has 64 heavy (non-hydrogen) atoms. The van der Waals surface area contributed by atoms with Crippen molar-refractivity contribution in [2.75, 3.05) is 14.7 Å². The summed E-state index contributed by atoms with van der Waals surface area (Å²) in [6.45, 7) is 34.1. The molecule has 0 bridgehead atoms. The zero-order valence-corrected chi connectivity index (χ0v) is 43.3. The van der Waals surface area contributed by atoms with Gasteiger partial charge < -0.3 is 14.7 Å². The quantitative estimate of drug-likeness (QED) is 0.154. The molecule has 4 aliphatic rings. The summed E-state index contributed by atoms with van der Waals surface area (Å²) >= 11 is 0. The van der Waals surface area contributed by atoms with Crippen LogP contribution in [0.4, 0.5) is 45.5 Å². The van der Waals surface area contributed by atoms with E-state index in [0.717, 1.165) is 0 Å². The zero-order chi connectivity index (χ0) is 45.5. The van der Waals surface area contributed by atoms with Crippen molar-refractivity contribution < 1.29 is 0 Å². The van der Waals surface area contributed by atoms with Crippen molar-refractivity contribution in [2.45, 2.75) is 142 Å². The van der Waals surface area contributed by atoms with E-state index in [2.05, 4.69) is 231 Å². The Balaban J connectivity index is 1.33. The predicted octanol–water partition coefficient (Wildman–Crippen LogP) is 13.2. The maximum atomic E-state index is 2.88. The molecule has 0 spiro atoms. The average molecular weight is 876 g/mol. The van der Waals surface area contributed by atoms with Gasteiger partial charge in [-0.1, -0.05) is 178 Å². The van der Waals surface area contributed by atoms with E-state index in [-0.39, 0.29) is 28.5 Å².